The third-order valence-corrected chi connectivity index (χ3v) is 10.2. The smallest absolute Gasteiger partial charge is 0.407 e. The van der Waals surface area contributed by atoms with Gasteiger partial charge in [0.15, 0.2) is 0 Å². The van der Waals surface area contributed by atoms with E-state index < -0.39 is 53.6 Å². The fraction of sp³-hybridized carbons (Fsp3) is 0.311. The molecule has 5 aromatic rings. The van der Waals surface area contributed by atoms with Gasteiger partial charge in [0.05, 0.1) is 6.04 Å². The van der Waals surface area contributed by atoms with Gasteiger partial charge in [-0.05, 0) is 70.8 Å². The molecule has 1 aliphatic rings. The average molecular weight is 763 g/mol. The lowest BCUT2D eigenvalue weighted by Gasteiger charge is -2.41. The van der Waals surface area contributed by atoms with Crippen molar-refractivity contribution in [3.63, 3.8) is 0 Å². The number of halogens is 2. The highest BCUT2D eigenvalue weighted by molar-refractivity contribution is 5.85. The molecular weight excluding hydrogens is 715 g/mol. The van der Waals surface area contributed by atoms with E-state index in [9.17, 15) is 23.9 Å². The molecule has 3 N–H and O–H groups in total. The largest absolute Gasteiger partial charge is 0.449 e. The maximum absolute atomic E-state index is 15.1. The number of benzene rings is 4. The summed E-state index contributed by atoms with van der Waals surface area (Å²) in [5.41, 5.74) is 5.99. The zero-order chi connectivity index (χ0) is 40.0. The summed E-state index contributed by atoms with van der Waals surface area (Å²) in [7, 11) is 0. The van der Waals surface area contributed by atoms with Gasteiger partial charge in [0.2, 0.25) is 11.8 Å². The van der Waals surface area contributed by atoms with E-state index in [1.807, 2.05) is 92.1 Å². The first-order chi connectivity index (χ1) is 26.8. The Morgan fingerprint density at radius 2 is 1.52 bits per heavy atom. The number of aliphatic hydroxyl groups excluding tert-OH is 1. The number of ether oxygens (including phenoxy) is 1. The third-order valence-electron chi connectivity index (χ3n) is 10.2. The fourth-order valence-electron chi connectivity index (χ4n) is 7.60. The van der Waals surface area contributed by atoms with Gasteiger partial charge in [-0.3, -0.25) is 9.59 Å². The summed E-state index contributed by atoms with van der Waals surface area (Å²) >= 11 is 0. The molecule has 1 aliphatic carbocycles. The Hall–Kier alpha value is -5.81. The van der Waals surface area contributed by atoms with Crippen LogP contribution in [-0.2, 0) is 20.9 Å². The topological polar surface area (TPSA) is 113 Å². The molecule has 0 fully saturated rings. The van der Waals surface area contributed by atoms with Crippen molar-refractivity contribution in [3.8, 4) is 22.3 Å². The van der Waals surface area contributed by atoms with Crippen LogP contribution < -0.4 is 10.6 Å². The van der Waals surface area contributed by atoms with Crippen molar-refractivity contribution >= 4 is 17.9 Å². The maximum Gasteiger partial charge on any atom is 0.407 e. The van der Waals surface area contributed by atoms with Gasteiger partial charge in [-0.25, -0.2) is 13.6 Å². The standard InChI is InChI=1S/C45H48F2N4O5/c1-29(49-44(55)56-28-38-35-17-10-8-15-33(35)34-16-9-11-18-36(34)38)43(54)48-21-12-22-51(41(53)27-52)42(45(2,3)4)40-23-31(37-24-32(46)19-20-39(37)47)26-50(40)25-30-13-6-5-7-14-30/h5-11,13-20,23-24,26,29,38,42,52H,12,21-22,25,27-28H2,1-4H3,(H,48,54)(H,49,55)/t29-,42-/m0/s1. The summed E-state index contributed by atoms with van der Waals surface area (Å²) in [6.45, 7) is 7.57. The van der Waals surface area contributed by atoms with Crippen LogP contribution >= 0.6 is 0 Å². The molecule has 6 rings (SSSR count). The molecule has 2 atom stereocenters. The summed E-state index contributed by atoms with van der Waals surface area (Å²) in [5, 5.41) is 15.6. The Morgan fingerprint density at radius 1 is 0.875 bits per heavy atom. The van der Waals surface area contributed by atoms with Crippen molar-refractivity contribution in [3.05, 3.63) is 143 Å². The number of nitrogens with zero attached hydrogens (tertiary/aromatic N) is 2. The molecule has 292 valence electrons. The number of hydrogen-bond acceptors (Lipinski definition) is 5. The minimum atomic E-state index is -0.897. The summed E-state index contributed by atoms with van der Waals surface area (Å²) in [6.07, 6.45) is 1.37. The van der Waals surface area contributed by atoms with Gasteiger partial charge in [-0.1, -0.05) is 99.6 Å². The van der Waals surface area contributed by atoms with E-state index in [0.29, 0.717) is 24.2 Å². The molecule has 1 aromatic heterocycles. The number of alkyl carbamates (subject to hydrolysis) is 1. The van der Waals surface area contributed by atoms with Crippen LogP contribution in [0, 0.1) is 17.0 Å². The number of rotatable bonds is 14. The van der Waals surface area contributed by atoms with Crippen molar-refractivity contribution in [2.75, 3.05) is 26.3 Å². The molecule has 9 nitrogen and oxygen atoms in total. The molecule has 1 heterocycles. The Labute approximate surface area is 326 Å². The Kier molecular flexibility index (Phi) is 12.3. The van der Waals surface area contributed by atoms with Crippen LogP contribution in [0.25, 0.3) is 22.3 Å². The van der Waals surface area contributed by atoms with Gasteiger partial charge in [-0.15, -0.1) is 0 Å². The molecule has 0 bridgehead atoms. The molecule has 0 radical (unpaired) electrons. The van der Waals surface area contributed by atoms with Crippen LogP contribution in [0.5, 0.6) is 0 Å². The highest BCUT2D eigenvalue weighted by atomic mass is 19.1. The van der Waals surface area contributed by atoms with Crippen LogP contribution in [0.4, 0.5) is 13.6 Å². The normalized spacial score (nSPS) is 13.3. The van der Waals surface area contributed by atoms with Crippen molar-refractivity contribution in [2.24, 2.45) is 5.41 Å². The number of hydrogen-bond donors (Lipinski definition) is 3. The zero-order valence-electron chi connectivity index (χ0n) is 32.1. The first-order valence-electron chi connectivity index (χ1n) is 18.8. The minimum absolute atomic E-state index is 0.0919. The quantitative estimate of drug-likeness (QED) is 0.1000. The van der Waals surface area contributed by atoms with E-state index in [1.165, 1.54) is 0 Å². The highest BCUT2D eigenvalue weighted by Gasteiger charge is 2.37. The predicted molar refractivity (Wildman–Crippen MR) is 212 cm³/mol. The van der Waals surface area contributed by atoms with Crippen molar-refractivity contribution in [1.29, 1.82) is 0 Å². The van der Waals surface area contributed by atoms with E-state index in [-0.39, 0.29) is 31.2 Å². The van der Waals surface area contributed by atoms with E-state index in [1.54, 1.807) is 24.1 Å². The Balaban J connectivity index is 1.11. The van der Waals surface area contributed by atoms with Gasteiger partial charge in [0, 0.05) is 48.6 Å². The number of carbonyl (C=O) groups is 3. The van der Waals surface area contributed by atoms with E-state index in [4.69, 9.17) is 4.74 Å². The monoisotopic (exact) mass is 762 g/mol. The van der Waals surface area contributed by atoms with Gasteiger partial charge in [-0.2, -0.15) is 0 Å². The van der Waals surface area contributed by atoms with Crippen molar-refractivity contribution in [1.82, 2.24) is 20.1 Å². The predicted octanol–water partition coefficient (Wildman–Crippen LogP) is 7.82. The van der Waals surface area contributed by atoms with E-state index in [2.05, 4.69) is 22.8 Å². The second-order valence-electron chi connectivity index (χ2n) is 15.2. The summed E-state index contributed by atoms with van der Waals surface area (Å²) in [4.78, 5) is 40.9. The van der Waals surface area contributed by atoms with Crippen LogP contribution in [-0.4, -0.2) is 64.8 Å². The molecule has 0 aliphatic heterocycles. The lowest BCUT2D eigenvalue weighted by Crippen LogP contribution is -2.47. The summed E-state index contributed by atoms with van der Waals surface area (Å²) < 4.78 is 36.9. The van der Waals surface area contributed by atoms with Crippen LogP contribution in [0.2, 0.25) is 0 Å². The number of aliphatic hydroxyl groups is 1. The summed E-state index contributed by atoms with van der Waals surface area (Å²) in [5.74, 6) is -2.22. The van der Waals surface area contributed by atoms with Crippen LogP contribution in [0.15, 0.2) is 109 Å². The van der Waals surface area contributed by atoms with Gasteiger partial charge in [0.25, 0.3) is 0 Å². The van der Waals surface area contributed by atoms with Gasteiger partial charge >= 0.3 is 6.09 Å². The molecule has 11 heteroatoms. The van der Waals surface area contributed by atoms with Crippen LogP contribution in [0.1, 0.15) is 68.5 Å². The molecule has 3 amide bonds. The first kappa shape index (κ1) is 39.9. The highest BCUT2D eigenvalue weighted by Crippen LogP contribution is 2.45. The minimum Gasteiger partial charge on any atom is -0.449 e. The number of fused-ring (bicyclic) bond motifs is 3. The van der Waals surface area contributed by atoms with Gasteiger partial charge < -0.3 is 29.9 Å². The second kappa shape index (κ2) is 17.3. The molecule has 0 saturated carbocycles. The molecule has 4 aromatic carbocycles. The number of nitrogens with one attached hydrogen (secondary N) is 2. The maximum atomic E-state index is 15.1. The van der Waals surface area contributed by atoms with E-state index >= 15 is 4.39 Å². The third kappa shape index (κ3) is 9.00. The Bertz CT molecular complexity index is 2140. The van der Waals surface area contributed by atoms with Crippen molar-refractivity contribution < 1.29 is 33.0 Å². The fourth-order valence-corrected chi connectivity index (χ4v) is 7.60. The number of carbonyl (C=O) groups excluding carboxylic acids is 3. The molecule has 0 unspecified atom stereocenters. The molecular formula is C45H48F2N4O5. The summed E-state index contributed by atoms with van der Waals surface area (Å²) in [6, 6.07) is 29.3. The first-order valence-corrected chi connectivity index (χ1v) is 18.8. The number of amides is 3. The molecule has 0 spiro atoms. The second-order valence-corrected chi connectivity index (χ2v) is 15.2. The van der Waals surface area contributed by atoms with Crippen molar-refractivity contribution in [2.45, 2.75) is 58.7 Å². The number of aromatic nitrogens is 1. The Morgan fingerprint density at radius 3 is 2.16 bits per heavy atom. The zero-order valence-corrected chi connectivity index (χ0v) is 32.1. The molecule has 0 saturated heterocycles. The van der Waals surface area contributed by atoms with Crippen LogP contribution in [0.3, 0.4) is 0 Å². The molecule has 56 heavy (non-hydrogen) atoms. The lowest BCUT2D eigenvalue weighted by molar-refractivity contribution is -0.139. The van der Waals surface area contributed by atoms with E-state index in [0.717, 1.165) is 46.0 Å². The lowest BCUT2D eigenvalue weighted by atomic mass is 9.83. The average Bonchev–Trinajstić information content (AvgIpc) is 3.73. The van der Waals surface area contributed by atoms with Gasteiger partial charge in [0.1, 0.15) is 30.9 Å². The SMILES string of the molecule is C[C@H](NC(=O)OCC1c2ccccc2-c2ccccc21)C(=O)NCCCN(C(=O)CO)[C@@H](c1cc(-c2cc(F)ccc2F)cn1Cc1ccccc1)C(C)(C)C.